The molecule has 0 unspecified atom stereocenters. The van der Waals surface area contributed by atoms with Crippen molar-refractivity contribution in [2.45, 2.75) is 82.7 Å². The van der Waals surface area contributed by atoms with Gasteiger partial charge < -0.3 is 10.2 Å². The highest BCUT2D eigenvalue weighted by Crippen LogP contribution is 2.35. The number of piperidine rings is 1. The van der Waals surface area contributed by atoms with Gasteiger partial charge in [-0.2, -0.15) is 4.31 Å². The normalized spacial score (nSPS) is 27.2. The Hall–Kier alpha value is -1.93. The zero-order valence-corrected chi connectivity index (χ0v) is 20.2. The first-order valence-electron chi connectivity index (χ1n) is 11.9. The first-order chi connectivity index (χ1) is 15.2. The van der Waals surface area contributed by atoms with E-state index in [1.807, 2.05) is 6.92 Å². The lowest BCUT2D eigenvalue weighted by molar-refractivity contribution is -0.127. The van der Waals surface area contributed by atoms with Crippen LogP contribution in [0.15, 0.2) is 23.1 Å². The molecule has 1 aromatic rings. The number of benzene rings is 1. The second-order valence-corrected chi connectivity index (χ2v) is 11.8. The Morgan fingerprint density at radius 1 is 1.00 bits per heavy atom. The number of nitrogens with zero attached hydrogens (tertiary/aromatic N) is 2. The van der Waals surface area contributed by atoms with Crippen molar-refractivity contribution in [3.63, 3.8) is 0 Å². The van der Waals surface area contributed by atoms with Crippen LogP contribution in [0.3, 0.4) is 0 Å². The summed E-state index contributed by atoms with van der Waals surface area (Å²) in [5, 5.41) is 3.20. The van der Waals surface area contributed by atoms with E-state index in [-0.39, 0.29) is 34.7 Å². The Morgan fingerprint density at radius 2 is 1.66 bits per heavy atom. The maximum absolute atomic E-state index is 13.3. The van der Waals surface area contributed by atoms with Gasteiger partial charge in [0.1, 0.15) is 0 Å². The summed E-state index contributed by atoms with van der Waals surface area (Å²) in [6.07, 6.45) is 6.15. The molecule has 176 valence electrons. The largest absolute Gasteiger partial charge is 0.353 e. The lowest BCUT2D eigenvalue weighted by atomic mass is 9.87. The smallest absolute Gasteiger partial charge is 0.243 e. The summed E-state index contributed by atoms with van der Waals surface area (Å²) in [5.41, 5.74) is 1.70. The maximum atomic E-state index is 13.3. The van der Waals surface area contributed by atoms with Crippen molar-refractivity contribution >= 4 is 27.5 Å². The van der Waals surface area contributed by atoms with Crippen LogP contribution >= 0.6 is 0 Å². The number of nitrogens with one attached hydrogen (secondary N) is 1. The molecule has 32 heavy (non-hydrogen) atoms. The van der Waals surface area contributed by atoms with E-state index in [0.29, 0.717) is 32.4 Å². The minimum atomic E-state index is -3.62. The molecule has 1 N–H and O–H groups in total. The second-order valence-electron chi connectivity index (χ2n) is 9.88. The van der Waals surface area contributed by atoms with Crippen molar-refractivity contribution < 1.29 is 18.0 Å². The molecular formula is C24H35N3O4S. The molecule has 1 saturated heterocycles. The average molecular weight is 462 g/mol. The van der Waals surface area contributed by atoms with E-state index in [0.717, 1.165) is 42.9 Å². The van der Waals surface area contributed by atoms with Crippen LogP contribution in [-0.2, 0) is 26.0 Å². The summed E-state index contributed by atoms with van der Waals surface area (Å²) in [6, 6.07) is 5.36. The van der Waals surface area contributed by atoms with Crippen molar-refractivity contribution in [1.29, 1.82) is 0 Å². The molecule has 3 aliphatic rings. The van der Waals surface area contributed by atoms with Crippen molar-refractivity contribution in [3.8, 4) is 0 Å². The van der Waals surface area contributed by atoms with E-state index in [2.05, 4.69) is 12.2 Å². The lowest BCUT2D eigenvalue weighted by Crippen LogP contribution is -2.46. The summed E-state index contributed by atoms with van der Waals surface area (Å²) >= 11 is 0. The summed E-state index contributed by atoms with van der Waals surface area (Å²) in [5.74, 6) is 0.669. The quantitative estimate of drug-likeness (QED) is 0.747. The molecule has 7 nitrogen and oxygen atoms in total. The molecule has 1 aromatic carbocycles. The van der Waals surface area contributed by atoms with E-state index in [1.165, 1.54) is 11.2 Å². The highest BCUT2D eigenvalue weighted by molar-refractivity contribution is 7.89. The minimum absolute atomic E-state index is 0.0297. The van der Waals surface area contributed by atoms with Crippen molar-refractivity contribution in [2.24, 2.45) is 11.8 Å². The first kappa shape index (κ1) is 23.2. The fourth-order valence-corrected chi connectivity index (χ4v) is 7.00. The standard InChI is InChI=1S/C24H35N3O4S/c1-16-4-6-21(7-5-16)25-24(29)19-10-12-26(13-11-19)32(30,31)22-8-9-23-20(15-22)14-17(2)27(23)18(3)28/h8-9,15-17,19,21H,4-7,10-14H2,1-3H3,(H,25,29)/t16?,17-,21?/m0/s1. The van der Waals surface area contributed by atoms with E-state index in [4.69, 9.17) is 0 Å². The SMILES string of the molecule is CC(=O)N1c2ccc(S(=O)(=O)N3CCC(C(=O)NC4CCC(C)CC4)CC3)cc2C[C@@H]1C. The van der Waals surface area contributed by atoms with Gasteiger partial charge in [-0.3, -0.25) is 9.59 Å². The molecule has 8 heteroatoms. The number of hydrogen-bond acceptors (Lipinski definition) is 4. The van der Waals surface area contributed by atoms with Crippen LogP contribution in [0.2, 0.25) is 0 Å². The van der Waals surface area contributed by atoms with Crippen molar-refractivity contribution in [1.82, 2.24) is 9.62 Å². The number of amides is 2. The Balaban J connectivity index is 1.38. The van der Waals surface area contributed by atoms with Gasteiger partial charge in [0.05, 0.1) is 4.90 Å². The van der Waals surface area contributed by atoms with E-state index < -0.39 is 10.0 Å². The molecule has 2 heterocycles. The summed E-state index contributed by atoms with van der Waals surface area (Å²) < 4.78 is 28.0. The van der Waals surface area contributed by atoms with Gasteiger partial charge in [-0.25, -0.2) is 8.42 Å². The molecule has 0 spiro atoms. The molecule has 2 fully saturated rings. The minimum Gasteiger partial charge on any atom is -0.353 e. The van der Waals surface area contributed by atoms with Gasteiger partial charge in [-0.1, -0.05) is 6.92 Å². The second kappa shape index (κ2) is 9.14. The van der Waals surface area contributed by atoms with Crippen LogP contribution in [0, 0.1) is 11.8 Å². The number of rotatable bonds is 4. The molecule has 0 radical (unpaired) electrons. The monoisotopic (exact) mass is 461 g/mol. The molecule has 4 rings (SSSR count). The molecule has 1 saturated carbocycles. The Morgan fingerprint density at radius 3 is 2.28 bits per heavy atom. The fourth-order valence-electron chi connectivity index (χ4n) is 5.48. The Kier molecular flexibility index (Phi) is 6.63. The number of carbonyl (C=O) groups is 2. The average Bonchev–Trinajstić information content (AvgIpc) is 3.10. The molecular weight excluding hydrogens is 426 g/mol. The Labute approximate surface area is 191 Å². The van der Waals surface area contributed by atoms with Crippen LogP contribution in [0.5, 0.6) is 0 Å². The fraction of sp³-hybridized carbons (Fsp3) is 0.667. The van der Waals surface area contributed by atoms with Gasteiger partial charge in [-0.15, -0.1) is 0 Å². The summed E-state index contributed by atoms with van der Waals surface area (Å²) in [6.45, 7) is 6.48. The van der Waals surface area contributed by atoms with Crippen LogP contribution in [-0.4, -0.2) is 49.7 Å². The number of hydrogen-bond donors (Lipinski definition) is 1. The van der Waals surface area contributed by atoms with E-state index in [1.54, 1.807) is 23.1 Å². The van der Waals surface area contributed by atoms with Gasteiger partial charge in [0.25, 0.3) is 0 Å². The molecule has 2 aliphatic heterocycles. The van der Waals surface area contributed by atoms with Gasteiger partial charge in [0.15, 0.2) is 0 Å². The number of anilines is 1. The van der Waals surface area contributed by atoms with Gasteiger partial charge in [-0.05, 0) is 81.5 Å². The first-order valence-corrected chi connectivity index (χ1v) is 13.3. The van der Waals surface area contributed by atoms with Gasteiger partial charge >= 0.3 is 0 Å². The van der Waals surface area contributed by atoms with Crippen molar-refractivity contribution in [3.05, 3.63) is 23.8 Å². The van der Waals surface area contributed by atoms with E-state index >= 15 is 0 Å². The molecule has 1 aliphatic carbocycles. The lowest BCUT2D eigenvalue weighted by Gasteiger charge is -2.33. The third-order valence-corrected chi connectivity index (χ3v) is 9.33. The summed E-state index contributed by atoms with van der Waals surface area (Å²) in [7, 11) is -3.62. The summed E-state index contributed by atoms with van der Waals surface area (Å²) in [4.78, 5) is 26.6. The van der Waals surface area contributed by atoms with E-state index in [9.17, 15) is 18.0 Å². The predicted molar refractivity (Wildman–Crippen MR) is 124 cm³/mol. The molecule has 0 aromatic heterocycles. The van der Waals surface area contributed by atoms with Crippen LogP contribution in [0.1, 0.15) is 64.9 Å². The Bertz CT molecular complexity index is 977. The molecule has 1 atom stereocenters. The predicted octanol–water partition coefficient (Wildman–Crippen LogP) is 3.08. The van der Waals surface area contributed by atoms with Gasteiger partial charge in [0.2, 0.25) is 21.8 Å². The number of fused-ring (bicyclic) bond motifs is 1. The number of sulfonamides is 1. The van der Waals surface area contributed by atoms with Crippen LogP contribution in [0.4, 0.5) is 5.69 Å². The molecule has 0 bridgehead atoms. The zero-order valence-electron chi connectivity index (χ0n) is 19.3. The third kappa shape index (κ3) is 4.57. The molecule has 2 amide bonds. The number of carbonyl (C=O) groups excluding carboxylic acids is 2. The van der Waals surface area contributed by atoms with Crippen LogP contribution < -0.4 is 10.2 Å². The zero-order chi connectivity index (χ0) is 23.0. The highest BCUT2D eigenvalue weighted by Gasteiger charge is 2.35. The van der Waals surface area contributed by atoms with Crippen LogP contribution in [0.25, 0.3) is 0 Å². The van der Waals surface area contributed by atoms with Gasteiger partial charge in [0, 0.05) is 43.7 Å². The highest BCUT2D eigenvalue weighted by atomic mass is 32.2. The van der Waals surface area contributed by atoms with Crippen molar-refractivity contribution in [2.75, 3.05) is 18.0 Å². The maximum Gasteiger partial charge on any atom is 0.243 e. The topological polar surface area (TPSA) is 86.8 Å². The third-order valence-electron chi connectivity index (χ3n) is 7.43.